The lowest BCUT2D eigenvalue weighted by Crippen LogP contribution is -2.14. The van der Waals surface area contributed by atoms with Crippen molar-refractivity contribution in [2.75, 3.05) is 6.54 Å². The fourth-order valence-electron chi connectivity index (χ4n) is 1.94. The maximum absolute atomic E-state index is 12.6. The number of aryl methyl sites for hydroxylation is 1. The van der Waals surface area contributed by atoms with Crippen LogP contribution in [-0.2, 0) is 12.7 Å². The van der Waals surface area contributed by atoms with E-state index in [1.54, 1.807) is 6.07 Å². The van der Waals surface area contributed by atoms with Gasteiger partial charge in [0.2, 0.25) is 0 Å². The topological polar surface area (TPSA) is 29.9 Å². The van der Waals surface area contributed by atoms with E-state index in [0.717, 1.165) is 30.1 Å². The molecule has 108 valence electrons. The highest BCUT2D eigenvalue weighted by Crippen LogP contribution is 2.29. The van der Waals surface area contributed by atoms with E-state index in [-0.39, 0.29) is 0 Å². The van der Waals surface area contributed by atoms with E-state index in [1.807, 2.05) is 26.0 Å². The summed E-state index contributed by atoms with van der Waals surface area (Å²) >= 11 is 0. The smallest absolute Gasteiger partial charge is 0.313 e. The van der Waals surface area contributed by atoms with Crippen LogP contribution >= 0.6 is 0 Å². The van der Waals surface area contributed by atoms with Crippen molar-refractivity contribution >= 4 is 0 Å². The Morgan fingerprint density at radius 1 is 1.30 bits per heavy atom. The summed E-state index contributed by atoms with van der Waals surface area (Å²) in [7, 11) is 0. The molecule has 20 heavy (non-hydrogen) atoms. The zero-order valence-corrected chi connectivity index (χ0v) is 11.3. The number of halogens is 3. The second-order valence-corrected chi connectivity index (χ2v) is 4.58. The normalized spacial score (nSPS) is 11.8. The molecule has 0 saturated carbocycles. The molecule has 0 radical (unpaired) electrons. The molecule has 0 saturated heterocycles. The highest BCUT2D eigenvalue weighted by Gasteiger charge is 2.32. The van der Waals surface area contributed by atoms with E-state index >= 15 is 0 Å². The number of aromatic nitrogens is 2. The Morgan fingerprint density at radius 2 is 2.05 bits per heavy atom. The lowest BCUT2D eigenvalue weighted by atomic mass is 10.1. The van der Waals surface area contributed by atoms with Gasteiger partial charge in [-0.3, -0.25) is 0 Å². The predicted octanol–water partition coefficient (Wildman–Crippen LogP) is 3.31. The number of rotatable bonds is 4. The molecule has 0 aliphatic carbocycles. The second kappa shape index (κ2) is 5.66. The molecule has 0 fully saturated rings. The number of benzene rings is 1. The Hall–Kier alpha value is -1.82. The zero-order valence-electron chi connectivity index (χ0n) is 11.3. The number of nitrogens with one attached hydrogen (secondary N) is 1. The van der Waals surface area contributed by atoms with Gasteiger partial charge in [0.1, 0.15) is 0 Å². The van der Waals surface area contributed by atoms with Crippen molar-refractivity contribution in [3.63, 3.8) is 0 Å². The van der Waals surface area contributed by atoms with Crippen molar-refractivity contribution in [1.82, 2.24) is 15.1 Å². The third-order valence-corrected chi connectivity index (χ3v) is 2.96. The minimum absolute atomic E-state index is 0.592. The van der Waals surface area contributed by atoms with Crippen molar-refractivity contribution in [1.29, 1.82) is 0 Å². The summed E-state index contributed by atoms with van der Waals surface area (Å²) in [5, 5.41) is 7.00. The molecular weight excluding hydrogens is 267 g/mol. The summed E-state index contributed by atoms with van der Waals surface area (Å²) in [6, 6.07) is 5.60. The van der Waals surface area contributed by atoms with Crippen LogP contribution in [0.3, 0.4) is 0 Å². The molecule has 0 bridgehead atoms. The first-order valence-corrected chi connectivity index (χ1v) is 6.34. The average molecular weight is 283 g/mol. The summed E-state index contributed by atoms with van der Waals surface area (Å²) in [6.07, 6.45) is -2.51. The van der Waals surface area contributed by atoms with E-state index in [9.17, 15) is 13.2 Å². The molecular formula is C14H16F3N3. The van der Waals surface area contributed by atoms with Gasteiger partial charge in [0.15, 0.2) is 0 Å². The van der Waals surface area contributed by atoms with Crippen molar-refractivity contribution < 1.29 is 13.2 Å². The Bertz CT molecular complexity index is 588. The van der Waals surface area contributed by atoms with Crippen LogP contribution in [0.25, 0.3) is 5.69 Å². The first-order valence-electron chi connectivity index (χ1n) is 6.34. The van der Waals surface area contributed by atoms with Gasteiger partial charge < -0.3 is 5.32 Å². The van der Waals surface area contributed by atoms with Crippen LogP contribution in [0.2, 0.25) is 0 Å². The van der Waals surface area contributed by atoms with Crippen LogP contribution in [-0.4, -0.2) is 16.3 Å². The van der Waals surface area contributed by atoms with E-state index < -0.39 is 11.7 Å². The van der Waals surface area contributed by atoms with Crippen LogP contribution in [0.15, 0.2) is 30.6 Å². The molecule has 2 rings (SSSR count). The highest BCUT2D eigenvalue weighted by molar-refractivity contribution is 5.43. The van der Waals surface area contributed by atoms with Gasteiger partial charge in [-0.05, 0) is 25.1 Å². The molecule has 0 amide bonds. The van der Waals surface area contributed by atoms with Crippen LogP contribution in [0.4, 0.5) is 13.2 Å². The van der Waals surface area contributed by atoms with Crippen molar-refractivity contribution in [3.05, 3.63) is 47.3 Å². The monoisotopic (exact) mass is 283 g/mol. The van der Waals surface area contributed by atoms with Gasteiger partial charge in [0, 0.05) is 12.7 Å². The van der Waals surface area contributed by atoms with E-state index in [4.69, 9.17) is 0 Å². The molecule has 2 aromatic rings. The third kappa shape index (κ3) is 3.19. The third-order valence-electron chi connectivity index (χ3n) is 2.96. The standard InChI is InChI=1S/C14H16F3N3/c1-3-18-7-11-6-10(2)4-5-13(11)20-9-12(8-19-20)14(15,16)17/h4-6,8-9,18H,3,7H2,1-2H3. The van der Waals surface area contributed by atoms with E-state index in [0.29, 0.717) is 12.2 Å². The van der Waals surface area contributed by atoms with Crippen molar-refractivity contribution in [3.8, 4) is 5.69 Å². The molecule has 1 heterocycles. The van der Waals surface area contributed by atoms with Gasteiger partial charge in [-0.1, -0.05) is 24.6 Å². The summed E-state index contributed by atoms with van der Waals surface area (Å²) in [4.78, 5) is 0. The Labute approximate surface area is 115 Å². The van der Waals surface area contributed by atoms with Crippen LogP contribution in [0.1, 0.15) is 23.6 Å². The summed E-state index contributed by atoms with van der Waals surface area (Å²) in [5.74, 6) is 0. The SMILES string of the molecule is CCNCc1cc(C)ccc1-n1cc(C(F)(F)F)cn1. The molecule has 0 atom stereocenters. The average Bonchev–Trinajstić information content (AvgIpc) is 2.85. The minimum Gasteiger partial charge on any atom is -0.313 e. The fraction of sp³-hybridized carbons (Fsp3) is 0.357. The second-order valence-electron chi connectivity index (χ2n) is 4.58. The van der Waals surface area contributed by atoms with Crippen LogP contribution in [0.5, 0.6) is 0 Å². The molecule has 0 aliphatic rings. The molecule has 1 aromatic carbocycles. The quantitative estimate of drug-likeness (QED) is 0.933. The van der Waals surface area contributed by atoms with Gasteiger partial charge in [-0.15, -0.1) is 0 Å². The molecule has 0 unspecified atom stereocenters. The highest BCUT2D eigenvalue weighted by atomic mass is 19.4. The molecule has 3 nitrogen and oxygen atoms in total. The lowest BCUT2D eigenvalue weighted by Gasteiger charge is -2.11. The van der Waals surface area contributed by atoms with Gasteiger partial charge in [0.05, 0.1) is 17.4 Å². The number of hydrogen-bond acceptors (Lipinski definition) is 2. The number of alkyl halides is 3. The van der Waals surface area contributed by atoms with E-state index in [1.165, 1.54) is 4.68 Å². The number of hydrogen-bond donors (Lipinski definition) is 1. The maximum Gasteiger partial charge on any atom is 0.419 e. The van der Waals surface area contributed by atoms with Crippen molar-refractivity contribution in [2.24, 2.45) is 0 Å². The van der Waals surface area contributed by atoms with Crippen LogP contribution in [0, 0.1) is 6.92 Å². The fourth-order valence-corrected chi connectivity index (χ4v) is 1.94. The summed E-state index contributed by atoms with van der Waals surface area (Å²) < 4.78 is 39.1. The molecule has 0 aliphatic heterocycles. The Morgan fingerprint density at radius 3 is 2.65 bits per heavy atom. The molecule has 0 spiro atoms. The van der Waals surface area contributed by atoms with Gasteiger partial charge in [-0.2, -0.15) is 18.3 Å². The summed E-state index contributed by atoms with van der Waals surface area (Å²) in [5.41, 5.74) is 1.90. The Kier molecular flexibility index (Phi) is 4.13. The van der Waals surface area contributed by atoms with Gasteiger partial charge in [-0.25, -0.2) is 4.68 Å². The molecule has 6 heteroatoms. The van der Waals surface area contributed by atoms with Crippen molar-refractivity contribution in [2.45, 2.75) is 26.6 Å². The minimum atomic E-state index is -4.37. The van der Waals surface area contributed by atoms with Crippen LogP contribution < -0.4 is 5.32 Å². The maximum atomic E-state index is 12.6. The largest absolute Gasteiger partial charge is 0.419 e. The lowest BCUT2D eigenvalue weighted by molar-refractivity contribution is -0.137. The molecule has 1 aromatic heterocycles. The van der Waals surface area contributed by atoms with E-state index in [2.05, 4.69) is 10.4 Å². The zero-order chi connectivity index (χ0) is 14.8. The van der Waals surface area contributed by atoms with Gasteiger partial charge in [0.25, 0.3) is 0 Å². The first kappa shape index (κ1) is 14.6. The first-order chi connectivity index (χ1) is 9.41. The molecule has 1 N–H and O–H groups in total. The number of nitrogens with zero attached hydrogens (tertiary/aromatic N) is 2. The summed E-state index contributed by atoms with van der Waals surface area (Å²) in [6.45, 7) is 5.31. The van der Waals surface area contributed by atoms with Gasteiger partial charge >= 0.3 is 6.18 Å². The predicted molar refractivity (Wildman–Crippen MR) is 70.7 cm³/mol. The Balaban J connectivity index is 2.39.